The van der Waals surface area contributed by atoms with E-state index in [1.807, 2.05) is 25.1 Å². The molecule has 8 heteroatoms. The van der Waals surface area contributed by atoms with Crippen LogP contribution in [0.3, 0.4) is 0 Å². The first kappa shape index (κ1) is 16.8. The molecule has 4 N–H and O–H groups in total. The number of aryl methyl sites for hydroxylation is 1. The van der Waals surface area contributed by atoms with Crippen molar-refractivity contribution in [3.63, 3.8) is 0 Å². The monoisotopic (exact) mass is 348 g/mol. The molecule has 0 unspecified atom stereocenters. The lowest BCUT2D eigenvalue weighted by molar-refractivity contribution is -0.906. The molecule has 2 aromatic rings. The summed E-state index contributed by atoms with van der Waals surface area (Å²) < 4.78 is 5.33. The van der Waals surface area contributed by atoms with E-state index in [4.69, 9.17) is 17.0 Å². The molecule has 0 saturated carbocycles. The van der Waals surface area contributed by atoms with Crippen molar-refractivity contribution in [3.05, 3.63) is 23.8 Å². The average Bonchev–Trinajstić information content (AvgIpc) is 2.91. The van der Waals surface area contributed by atoms with Crippen LogP contribution in [0.2, 0.25) is 0 Å². The average molecular weight is 348 g/mol. The van der Waals surface area contributed by atoms with Crippen LogP contribution in [0.25, 0.3) is 10.9 Å². The van der Waals surface area contributed by atoms with E-state index in [1.54, 1.807) is 0 Å². The van der Waals surface area contributed by atoms with E-state index in [-0.39, 0.29) is 5.88 Å². The molecule has 2 heterocycles. The zero-order chi connectivity index (χ0) is 16.9. The van der Waals surface area contributed by atoms with E-state index in [2.05, 4.69) is 20.5 Å². The summed E-state index contributed by atoms with van der Waals surface area (Å²) in [5, 5.41) is 22.4. The molecule has 7 nitrogen and oxygen atoms in total. The van der Waals surface area contributed by atoms with Crippen molar-refractivity contribution in [3.8, 4) is 5.88 Å². The number of aromatic nitrogens is 1. The molecule has 1 fully saturated rings. The number of hydrogen-bond acceptors (Lipinski definition) is 4. The first-order valence-electron chi connectivity index (χ1n) is 8.06. The Morgan fingerprint density at radius 2 is 2.21 bits per heavy atom. The molecule has 0 atom stereocenters. The topological polar surface area (TPSA) is 86.4 Å². The Balaban J connectivity index is 1.58. The first-order chi connectivity index (χ1) is 11.6. The van der Waals surface area contributed by atoms with Crippen LogP contribution in [0.5, 0.6) is 5.88 Å². The third kappa shape index (κ3) is 3.89. The lowest BCUT2D eigenvalue weighted by Gasteiger charge is -2.23. The standard InChI is InChI=1S/C16H21N5O2S/c1-11-3-2-4-12-13(11)18-15(22)14(12)19-20-16(24)17-5-6-21-7-9-23-10-8-21/h2-4,18,22H,5-10H2,1H3,(H,17,24)/p+1. The van der Waals surface area contributed by atoms with Crippen LogP contribution in [-0.4, -0.2) is 54.6 Å². The predicted molar refractivity (Wildman–Crippen MR) is 96.2 cm³/mol. The Labute approximate surface area is 145 Å². The van der Waals surface area contributed by atoms with E-state index in [0.717, 1.165) is 55.9 Å². The van der Waals surface area contributed by atoms with E-state index >= 15 is 0 Å². The molecule has 24 heavy (non-hydrogen) atoms. The number of nitrogens with zero attached hydrogens (tertiary/aromatic N) is 2. The van der Waals surface area contributed by atoms with E-state index in [1.165, 1.54) is 4.90 Å². The van der Waals surface area contributed by atoms with Crippen molar-refractivity contribution in [2.75, 3.05) is 39.4 Å². The van der Waals surface area contributed by atoms with Crippen LogP contribution in [0, 0.1) is 6.92 Å². The molecule has 0 aliphatic carbocycles. The number of ether oxygens (including phenoxy) is 1. The number of benzene rings is 1. The SMILES string of the molecule is Cc1cccc2c(N=NC(=S)NCC[NH+]3CCOCC3)c(O)[nH]c12. The van der Waals surface area contributed by atoms with Gasteiger partial charge in [0.25, 0.3) is 0 Å². The molecule has 128 valence electrons. The number of quaternary nitrogens is 1. The molecule has 1 aliphatic heterocycles. The minimum atomic E-state index is 0.00334. The Bertz CT molecular complexity index is 752. The molecule has 1 aromatic carbocycles. The summed E-state index contributed by atoms with van der Waals surface area (Å²) in [5.74, 6) is 0.00334. The van der Waals surface area contributed by atoms with Crippen LogP contribution in [0.4, 0.5) is 5.69 Å². The zero-order valence-electron chi connectivity index (χ0n) is 13.6. The number of azo groups is 1. The normalized spacial score (nSPS) is 16.0. The van der Waals surface area contributed by atoms with Gasteiger partial charge in [-0.15, -0.1) is 10.2 Å². The van der Waals surface area contributed by atoms with Crippen molar-refractivity contribution < 1.29 is 14.7 Å². The maximum atomic E-state index is 10.0. The van der Waals surface area contributed by atoms with E-state index < -0.39 is 0 Å². The van der Waals surface area contributed by atoms with E-state index in [0.29, 0.717) is 10.8 Å². The second kappa shape index (κ2) is 7.69. The van der Waals surface area contributed by atoms with Gasteiger partial charge in [0.2, 0.25) is 11.0 Å². The van der Waals surface area contributed by atoms with Crippen molar-refractivity contribution in [1.29, 1.82) is 0 Å². The molecular formula is C16H22N5O2S+. The van der Waals surface area contributed by atoms with Crippen molar-refractivity contribution in [2.24, 2.45) is 10.2 Å². The fourth-order valence-corrected chi connectivity index (χ4v) is 2.97. The van der Waals surface area contributed by atoms with Gasteiger partial charge in [-0.25, -0.2) is 0 Å². The Morgan fingerprint density at radius 1 is 1.42 bits per heavy atom. The number of H-pyrrole nitrogens is 1. The fourth-order valence-electron chi connectivity index (χ4n) is 2.82. The number of nitrogens with one attached hydrogen (secondary N) is 3. The second-order valence-electron chi connectivity index (χ2n) is 5.86. The summed E-state index contributed by atoms with van der Waals surface area (Å²) in [6.07, 6.45) is 0. The second-order valence-corrected chi connectivity index (χ2v) is 6.25. The van der Waals surface area contributed by atoms with Gasteiger partial charge in [-0.05, 0) is 24.7 Å². The van der Waals surface area contributed by atoms with Gasteiger partial charge in [-0.1, -0.05) is 18.2 Å². The molecule has 1 saturated heterocycles. The smallest absolute Gasteiger partial charge is 0.218 e. The van der Waals surface area contributed by atoms with E-state index in [9.17, 15) is 5.11 Å². The fraction of sp³-hybridized carbons (Fsp3) is 0.438. The number of aromatic amines is 1. The summed E-state index contributed by atoms with van der Waals surface area (Å²) in [6.45, 7) is 7.37. The number of hydrogen-bond donors (Lipinski definition) is 4. The summed E-state index contributed by atoms with van der Waals surface area (Å²) in [7, 11) is 0. The lowest BCUT2D eigenvalue weighted by Crippen LogP contribution is -3.14. The van der Waals surface area contributed by atoms with Crippen LogP contribution >= 0.6 is 12.2 Å². The maximum absolute atomic E-state index is 10.0. The number of morpholine rings is 1. The minimum Gasteiger partial charge on any atom is -0.493 e. The van der Waals surface area contributed by atoms with Crippen molar-refractivity contribution >= 4 is 33.9 Å². The summed E-state index contributed by atoms with van der Waals surface area (Å²) in [5.41, 5.74) is 2.31. The Morgan fingerprint density at radius 3 is 3.00 bits per heavy atom. The summed E-state index contributed by atoms with van der Waals surface area (Å²) in [6, 6.07) is 5.79. The molecule has 1 aliphatic rings. The number of rotatable bonds is 4. The predicted octanol–water partition coefficient (Wildman–Crippen LogP) is 1.06. The molecule has 3 rings (SSSR count). The highest BCUT2D eigenvalue weighted by Gasteiger charge is 2.13. The highest BCUT2D eigenvalue weighted by molar-refractivity contribution is 7.80. The van der Waals surface area contributed by atoms with Crippen LogP contribution in [0.1, 0.15) is 5.56 Å². The third-order valence-corrected chi connectivity index (χ3v) is 4.42. The molecule has 1 aromatic heterocycles. The van der Waals surface area contributed by atoms with Gasteiger partial charge in [0.05, 0.1) is 31.8 Å². The van der Waals surface area contributed by atoms with Crippen LogP contribution in [-0.2, 0) is 4.74 Å². The highest BCUT2D eigenvalue weighted by Crippen LogP contribution is 2.36. The van der Waals surface area contributed by atoms with Crippen LogP contribution < -0.4 is 10.2 Å². The Hall–Kier alpha value is -2.03. The zero-order valence-corrected chi connectivity index (χ0v) is 14.4. The lowest BCUT2D eigenvalue weighted by atomic mass is 10.1. The van der Waals surface area contributed by atoms with Gasteiger partial charge in [0.15, 0.2) is 5.69 Å². The maximum Gasteiger partial charge on any atom is 0.218 e. The van der Waals surface area contributed by atoms with Gasteiger partial charge in [0.1, 0.15) is 13.1 Å². The molecule has 0 amide bonds. The van der Waals surface area contributed by atoms with Gasteiger partial charge in [-0.3, -0.25) is 0 Å². The summed E-state index contributed by atoms with van der Waals surface area (Å²) >= 11 is 5.19. The summed E-state index contributed by atoms with van der Waals surface area (Å²) in [4.78, 5) is 4.43. The highest BCUT2D eigenvalue weighted by atomic mass is 32.1. The first-order valence-corrected chi connectivity index (χ1v) is 8.47. The third-order valence-electron chi connectivity index (χ3n) is 4.19. The van der Waals surface area contributed by atoms with Crippen LogP contribution in [0.15, 0.2) is 28.4 Å². The molecule has 0 radical (unpaired) electrons. The van der Waals surface area contributed by atoms with Crippen molar-refractivity contribution in [1.82, 2.24) is 10.3 Å². The Kier molecular flexibility index (Phi) is 5.39. The molecule has 0 spiro atoms. The number of thiocarbonyl (C=S) groups is 1. The van der Waals surface area contributed by atoms with Gasteiger partial charge in [-0.2, -0.15) is 0 Å². The van der Waals surface area contributed by atoms with Gasteiger partial charge >= 0.3 is 0 Å². The quantitative estimate of drug-likeness (QED) is 0.491. The number of para-hydroxylation sites is 1. The number of aromatic hydroxyl groups is 1. The number of fused-ring (bicyclic) bond motifs is 1. The molecular weight excluding hydrogens is 326 g/mol. The van der Waals surface area contributed by atoms with Crippen molar-refractivity contribution in [2.45, 2.75) is 6.92 Å². The van der Waals surface area contributed by atoms with Gasteiger partial charge in [0, 0.05) is 5.39 Å². The van der Waals surface area contributed by atoms with Gasteiger partial charge < -0.3 is 25.0 Å². The minimum absolute atomic E-state index is 0.00334. The largest absolute Gasteiger partial charge is 0.493 e. The molecule has 0 bridgehead atoms.